The molecule has 25 heavy (non-hydrogen) atoms. The SMILES string of the molecule is Cc1ccccc1-c1c2c(cc[n+]1C)sc1c2ccc2cccnc21. The Bertz CT molecular complexity index is 1270. The number of aryl methyl sites for hydroxylation is 2. The van der Waals surface area contributed by atoms with E-state index < -0.39 is 0 Å². The highest BCUT2D eigenvalue weighted by molar-refractivity contribution is 7.26. The minimum atomic E-state index is 1.10. The molecule has 0 spiro atoms. The van der Waals surface area contributed by atoms with Gasteiger partial charge in [-0.2, -0.15) is 0 Å². The number of pyridine rings is 2. The number of aromatic nitrogens is 2. The first-order chi connectivity index (χ1) is 12.2. The fourth-order valence-electron chi connectivity index (χ4n) is 3.67. The fourth-order valence-corrected chi connectivity index (χ4v) is 4.87. The highest BCUT2D eigenvalue weighted by atomic mass is 32.1. The van der Waals surface area contributed by atoms with E-state index in [9.17, 15) is 0 Å². The van der Waals surface area contributed by atoms with Crippen LogP contribution in [0.4, 0.5) is 0 Å². The lowest BCUT2D eigenvalue weighted by atomic mass is 10.00. The van der Waals surface area contributed by atoms with E-state index in [2.05, 4.69) is 78.3 Å². The van der Waals surface area contributed by atoms with Gasteiger partial charge in [-0.3, -0.25) is 4.98 Å². The number of thiophene rings is 1. The van der Waals surface area contributed by atoms with Gasteiger partial charge in [-0.05, 0) is 24.6 Å². The standard InChI is InChI=1S/C22H17N2S/c1-14-6-3-4-8-16(14)21-19-17-10-9-15-7-5-12-23-20(15)22(17)25-18(19)11-13-24(21)2/h3-13H,1-2H3/q+1. The number of nitrogens with zero attached hydrogens (tertiary/aromatic N) is 2. The second-order valence-corrected chi connectivity index (χ2v) is 7.50. The Morgan fingerprint density at radius 2 is 1.84 bits per heavy atom. The Kier molecular flexibility index (Phi) is 3.12. The van der Waals surface area contributed by atoms with Gasteiger partial charge < -0.3 is 0 Å². The molecule has 0 aliphatic rings. The summed E-state index contributed by atoms with van der Waals surface area (Å²) in [7, 11) is 2.13. The quantitative estimate of drug-likeness (QED) is 0.373. The van der Waals surface area contributed by atoms with E-state index in [1.807, 2.05) is 23.6 Å². The van der Waals surface area contributed by atoms with Gasteiger partial charge in [0.05, 0.1) is 15.6 Å². The minimum Gasteiger partial charge on any atom is -0.255 e. The van der Waals surface area contributed by atoms with Crippen LogP contribution in [0.5, 0.6) is 0 Å². The third-order valence-electron chi connectivity index (χ3n) is 4.90. The van der Waals surface area contributed by atoms with Gasteiger partial charge >= 0.3 is 0 Å². The molecule has 120 valence electrons. The van der Waals surface area contributed by atoms with Crippen LogP contribution in [0, 0.1) is 6.92 Å². The highest BCUT2D eigenvalue weighted by Crippen LogP contribution is 2.41. The number of fused-ring (bicyclic) bond motifs is 5. The van der Waals surface area contributed by atoms with Crippen molar-refractivity contribution in [1.82, 2.24) is 4.98 Å². The average molecular weight is 341 g/mol. The summed E-state index contributed by atoms with van der Waals surface area (Å²) in [6, 6.07) is 19.4. The molecule has 0 amide bonds. The van der Waals surface area contributed by atoms with E-state index >= 15 is 0 Å². The van der Waals surface area contributed by atoms with Gasteiger partial charge in [-0.1, -0.05) is 36.4 Å². The second-order valence-electron chi connectivity index (χ2n) is 6.45. The van der Waals surface area contributed by atoms with Crippen molar-refractivity contribution < 1.29 is 4.57 Å². The van der Waals surface area contributed by atoms with Crippen molar-refractivity contribution in [3.8, 4) is 11.3 Å². The van der Waals surface area contributed by atoms with Gasteiger partial charge in [0.1, 0.15) is 7.05 Å². The topological polar surface area (TPSA) is 16.8 Å². The number of hydrogen-bond donors (Lipinski definition) is 0. The number of benzene rings is 2. The summed E-state index contributed by atoms with van der Waals surface area (Å²) in [5.41, 5.74) is 4.96. The number of hydrogen-bond acceptors (Lipinski definition) is 2. The van der Waals surface area contributed by atoms with Gasteiger partial charge in [0.25, 0.3) is 0 Å². The van der Waals surface area contributed by atoms with Gasteiger partial charge in [0, 0.05) is 33.3 Å². The van der Waals surface area contributed by atoms with Crippen LogP contribution in [0.15, 0.2) is 67.0 Å². The molecule has 0 N–H and O–H groups in total. The maximum Gasteiger partial charge on any atom is 0.221 e. The first kappa shape index (κ1) is 14.6. The van der Waals surface area contributed by atoms with Crippen LogP contribution < -0.4 is 4.57 Å². The van der Waals surface area contributed by atoms with Crippen LogP contribution in [0.2, 0.25) is 0 Å². The number of rotatable bonds is 1. The Balaban J connectivity index is 2.00. The van der Waals surface area contributed by atoms with Crippen LogP contribution in [0.25, 0.3) is 42.3 Å². The zero-order valence-electron chi connectivity index (χ0n) is 14.2. The summed E-state index contributed by atoms with van der Waals surface area (Å²) >= 11 is 1.84. The minimum absolute atomic E-state index is 1.10. The Hall–Kier alpha value is -2.78. The summed E-state index contributed by atoms with van der Waals surface area (Å²) in [4.78, 5) is 4.65. The van der Waals surface area contributed by atoms with E-state index in [1.54, 1.807) is 0 Å². The first-order valence-corrected chi connectivity index (χ1v) is 9.20. The Labute approximate surface area is 150 Å². The molecule has 0 aliphatic heterocycles. The molecule has 0 bridgehead atoms. The maximum absolute atomic E-state index is 4.65. The molecule has 2 nitrogen and oxygen atoms in total. The van der Waals surface area contributed by atoms with E-state index in [4.69, 9.17) is 0 Å². The predicted octanol–water partition coefficient (Wildman–Crippen LogP) is 5.40. The van der Waals surface area contributed by atoms with Crippen molar-refractivity contribution in [2.45, 2.75) is 6.92 Å². The van der Waals surface area contributed by atoms with Crippen LogP contribution in [0.1, 0.15) is 5.56 Å². The molecule has 0 aliphatic carbocycles. The summed E-state index contributed by atoms with van der Waals surface area (Å²) in [5, 5.41) is 3.82. The van der Waals surface area contributed by atoms with Gasteiger partial charge in [-0.15, -0.1) is 11.3 Å². The molecule has 3 aromatic heterocycles. The zero-order chi connectivity index (χ0) is 17.0. The molecule has 3 heteroatoms. The molecular formula is C22H17N2S+. The lowest BCUT2D eigenvalue weighted by molar-refractivity contribution is -0.659. The van der Waals surface area contributed by atoms with E-state index in [-0.39, 0.29) is 0 Å². The van der Waals surface area contributed by atoms with Crippen molar-refractivity contribution in [3.63, 3.8) is 0 Å². The van der Waals surface area contributed by atoms with Crippen LogP contribution >= 0.6 is 11.3 Å². The van der Waals surface area contributed by atoms with Crippen LogP contribution in [-0.2, 0) is 7.05 Å². The third kappa shape index (κ3) is 2.09. The molecule has 0 saturated carbocycles. The lowest BCUT2D eigenvalue weighted by Gasteiger charge is -2.06. The van der Waals surface area contributed by atoms with E-state index in [0.29, 0.717) is 0 Å². The van der Waals surface area contributed by atoms with Gasteiger partial charge in [0.15, 0.2) is 6.20 Å². The van der Waals surface area contributed by atoms with Crippen molar-refractivity contribution in [1.29, 1.82) is 0 Å². The second kappa shape index (κ2) is 5.36. The molecular weight excluding hydrogens is 324 g/mol. The highest BCUT2D eigenvalue weighted by Gasteiger charge is 2.21. The fraction of sp³-hybridized carbons (Fsp3) is 0.0909. The molecule has 3 heterocycles. The Morgan fingerprint density at radius 3 is 2.72 bits per heavy atom. The largest absolute Gasteiger partial charge is 0.255 e. The molecule has 5 rings (SSSR count). The molecule has 0 fully saturated rings. The molecule has 0 saturated heterocycles. The summed E-state index contributed by atoms with van der Waals surface area (Å²) in [6.07, 6.45) is 4.05. The Morgan fingerprint density at radius 1 is 0.960 bits per heavy atom. The summed E-state index contributed by atoms with van der Waals surface area (Å²) in [5.74, 6) is 0. The van der Waals surface area contributed by atoms with Gasteiger partial charge in [0.2, 0.25) is 5.69 Å². The maximum atomic E-state index is 4.65. The van der Waals surface area contributed by atoms with Crippen molar-refractivity contribution >= 4 is 42.4 Å². The summed E-state index contributed by atoms with van der Waals surface area (Å²) < 4.78 is 4.82. The molecule has 0 radical (unpaired) electrons. The summed E-state index contributed by atoms with van der Waals surface area (Å²) in [6.45, 7) is 2.18. The van der Waals surface area contributed by atoms with Gasteiger partial charge in [-0.25, -0.2) is 4.57 Å². The average Bonchev–Trinajstić information content (AvgIpc) is 3.02. The predicted molar refractivity (Wildman–Crippen MR) is 106 cm³/mol. The van der Waals surface area contributed by atoms with E-state index in [0.717, 1.165) is 5.52 Å². The molecule has 5 aromatic rings. The van der Waals surface area contributed by atoms with E-state index in [1.165, 1.54) is 42.4 Å². The zero-order valence-corrected chi connectivity index (χ0v) is 15.0. The first-order valence-electron chi connectivity index (χ1n) is 8.38. The smallest absolute Gasteiger partial charge is 0.221 e. The third-order valence-corrected chi connectivity index (χ3v) is 6.07. The van der Waals surface area contributed by atoms with Crippen LogP contribution in [0.3, 0.4) is 0 Å². The monoisotopic (exact) mass is 341 g/mol. The molecule has 2 aromatic carbocycles. The lowest BCUT2D eigenvalue weighted by Crippen LogP contribution is -2.30. The van der Waals surface area contributed by atoms with Crippen molar-refractivity contribution in [3.05, 3.63) is 72.6 Å². The van der Waals surface area contributed by atoms with Crippen LogP contribution in [-0.4, -0.2) is 4.98 Å². The van der Waals surface area contributed by atoms with Crippen molar-refractivity contribution in [2.75, 3.05) is 0 Å². The molecule has 0 atom stereocenters. The molecule has 0 unspecified atom stereocenters. The normalized spacial score (nSPS) is 11.6. The van der Waals surface area contributed by atoms with Crippen molar-refractivity contribution in [2.24, 2.45) is 7.05 Å².